The van der Waals surface area contributed by atoms with Gasteiger partial charge in [0.05, 0.1) is 25.4 Å². The van der Waals surface area contributed by atoms with Gasteiger partial charge in [-0.2, -0.15) is 0 Å². The van der Waals surface area contributed by atoms with E-state index in [4.69, 9.17) is 14.5 Å². The Hall–Kier alpha value is -0.380. The Bertz CT molecular complexity index is 541. The summed E-state index contributed by atoms with van der Waals surface area (Å²) in [5.41, 5.74) is 0. The summed E-state index contributed by atoms with van der Waals surface area (Å²) in [7, 11) is 0. The molecule has 0 amide bonds. The van der Waals surface area contributed by atoms with Crippen LogP contribution in [0, 0.1) is 0 Å². The van der Waals surface area contributed by atoms with E-state index in [1.54, 1.807) is 0 Å². The predicted octanol–water partition coefficient (Wildman–Crippen LogP) is 4.10. The van der Waals surface area contributed by atoms with Crippen molar-refractivity contribution in [1.82, 2.24) is 10.2 Å². The molecule has 2 fully saturated rings. The fourth-order valence-corrected chi connectivity index (χ4v) is 4.34. The first-order chi connectivity index (χ1) is 12.8. The third-order valence-corrected chi connectivity index (χ3v) is 6.27. The minimum Gasteiger partial charge on any atom is -0.376 e. The molecule has 5 nitrogen and oxygen atoms in total. The molecule has 0 bridgehead atoms. The highest BCUT2D eigenvalue weighted by molar-refractivity contribution is 14.0. The van der Waals surface area contributed by atoms with Crippen LogP contribution in [0.1, 0.15) is 50.3 Å². The largest absolute Gasteiger partial charge is 0.376 e. The molecule has 1 N–H and O–H groups in total. The topological polar surface area (TPSA) is 46.1 Å². The van der Waals surface area contributed by atoms with Crippen LogP contribution < -0.4 is 5.32 Å². The maximum absolute atomic E-state index is 6.09. The number of rotatable bonds is 7. The van der Waals surface area contributed by atoms with E-state index in [0.717, 1.165) is 64.6 Å². The second kappa shape index (κ2) is 12.2. The van der Waals surface area contributed by atoms with Crippen molar-refractivity contribution in [3.63, 3.8) is 0 Å². The van der Waals surface area contributed by atoms with Crippen molar-refractivity contribution >= 4 is 41.3 Å². The number of hydrogen-bond donors (Lipinski definition) is 1. The van der Waals surface area contributed by atoms with Crippen LogP contribution in [0.25, 0.3) is 0 Å². The molecule has 2 saturated heterocycles. The number of ether oxygens (including phenoxy) is 2. The SMILES string of the molecule is CCNC(=NCC(C)c1cccs1)N1CCC(OCC2CCCO2)CC1.I. The van der Waals surface area contributed by atoms with Crippen molar-refractivity contribution in [2.24, 2.45) is 4.99 Å². The second-order valence-electron chi connectivity index (χ2n) is 7.27. The van der Waals surface area contributed by atoms with Gasteiger partial charge in [-0.15, -0.1) is 35.3 Å². The highest BCUT2D eigenvalue weighted by Crippen LogP contribution is 2.21. The van der Waals surface area contributed by atoms with Gasteiger partial charge >= 0.3 is 0 Å². The van der Waals surface area contributed by atoms with Crippen LogP contribution in [0.5, 0.6) is 0 Å². The summed E-state index contributed by atoms with van der Waals surface area (Å²) in [5, 5.41) is 5.60. The highest BCUT2D eigenvalue weighted by Gasteiger charge is 2.24. The molecule has 1 aromatic heterocycles. The van der Waals surface area contributed by atoms with E-state index in [-0.39, 0.29) is 24.0 Å². The number of nitrogens with zero attached hydrogens (tertiary/aromatic N) is 2. The Kier molecular flexibility index (Phi) is 10.4. The summed E-state index contributed by atoms with van der Waals surface area (Å²) < 4.78 is 11.7. The van der Waals surface area contributed by atoms with Crippen molar-refractivity contribution in [3.8, 4) is 0 Å². The summed E-state index contributed by atoms with van der Waals surface area (Å²) in [6, 6.07) is 4.32. The first-order valence-corrected chi connectivity index (χ1v) is 10.9. The summed E-state index contributed by atoms with van der Waals surface area (Å²) in [4.78, 5) is 8.70. The maximum atomic E-state index is 6.09. The van der Waals surface area contributed by atoms with E-state index in [2.05, 4.69) is 41.6 Å². The van der Waals surface area contributed by atoms with Crippen molar-refractivity contribution in [2.45, 2.75) is 57.7 Å². The number of nitrogens with one attached hydrogen (secondary N) is 1. The fraction of sp³-hybridized carbons (Fsp3) is 0.750. The van der Waals surface area contributed by atoms with Crippen molar-refractivity contribution in [2.75, 3.05) is 39.4 Å². The third-order valence-electron chi connectivity index (χ3n) is 5.16. The van der Waals surface area contributed by atoms with Gasteiger partial charge in [0.15, 0.2) is 5.96 Å². The first-order valence-electron chi connectivity index (χ1n) is 10.1. The lowest BCUT2D eigenvalue weighted by Crippen LogP contribution is -2.47. The molecule has 0 radical (unpaired) electrons. The second-order valence-corrected chi connectivity index (χ2v) is 8.25. The molecule has 154 valence electrons. The Morgan fingerprint density at radius 2 is 2.22 bits per heavy atom. The standard InChI is InChI=1S/C20H33N3O2S.HI/c1-3-21-20(22-14-16(2)19-7-5-13-26-19)23-10-8-17(9-11-23)25-15-18-6-4-12-24-18;/h5,7,13,16-18H,3-4,6,8-12,14-15H2,1-2H3,(H,21,22);1H. The Morgan fingerprint density at radius 1 is 1.41 bits per heavy atom. The quantitative estimate of drug-likeness (QED) is 0.343. The fourth-order valence-electron chi connectivity index (χ4n) is 3.56. The van der Waals surface area contributed by atoms with Gasteiger partial charge in [0.2, 0.25) is 0 Å². The average molecular weight is 507 g/mol. The van der Waals surface area contributed by atoms with Crippen LogP contribution in [0.2, 0.25) is 0 Å². The number of piperidine rings is 1. The maximum Gasteiger partial charge on any atom is 0.193 e. The molecule has 0 aromatic carbocycles. The Balaban J connectivity index is 0.00000261. The zero-order chi connectivity index (χ0) is 18.2. The molecule has 2 aliphatic heterocycles. The van der Waals surface area contributed by atoms with E-state index in [1.165, 1.54) is 11.3 Å². The molecule has 0 spiro atoms. The van der Waals surface area contributed by atoms with Gasteiger partial charge in [0.1, 0.15) is 0 Å². The van der Waals surface area contributed by atoms with Gasteiger partial charge in [0.25, 0.3) is 0 Å². The first kappa shape index (κ1) is 22.9. The number of thiophene rings is 1. The number of likely N-dealkylation sites (tertiary alicyclic amines) is 1. The number of guanidine groups is 1. The van der Waals surface area contributed by atoms with Crippen LogP contribution in [-0.2, 0) is 9.47 Å². The van der Waals surface area contributed by atoms with E-state index in [0.29, 0.717) is 18.1 Å². The molecule has 3 heterocycles. The van der Waals surface area contributed by atoms with Crippen LogP contribution >= 0.6 is 35.3 Å². The van der Waals surface area contributed by atoms with Crippen LogP contribution in [-0.4, -0.2) is 62.5 Å². The third kappa shape index (κ3) is 7.18. The Morgan fingerprint density at radius 3 is 2.85 bits per heavy atom. The summed E-state index contributed by atoms with van der Waals surface area (Å²) in [5.74, 6) is 1.52. The van der Waals surface area contributed by atoms with Crippen molar-refractivity contribution in [3.05, 3.63) is 22.4 Å². The van der Waals surface area contributed by atoms with Gasteiger partial charge in [-0.25, -0.2) is 0 Å². The zero-order valence-corrected chi connectivity index (χ0v) is 19.7. The average Bonchev–Trinajstić information content (AvgIpc) is 3.37. The van der Waals surface area contributed by atoms with Crippen LogP contribution in [0.4, 0.5) is 0 Å². The Labute approximate surface area is 184 Å². The van der Waals surface area contributed by atoms with Gasteiger partial charge in [0, 0.05) is 37.0 Å². The molecule has 7 heteroatoms. The summed E-state index contributed by atoms with van der Waals surface area (Å²) in [6.45, 7) is 9.81. The van der Waals surface area contributed by atoms with E-state index >= 15 is 0 Å². The van der Waals surface area contributed by atoms with Crippen LogP contribution in [0.3, 0.4) is 0 Å². The zero-order valence-electron chi connectivity index (χ0n) is 16.6. The van der Waals surface area contributed by atoms with E-state index in [9.17, 15) is 0 Å². The predicted molar refractivity (Wildman–Crippen MR) is 124 cm³/mol. The molecular weight excluding hydrogens is 473 g/mol. The molecule has 2 unspecified atom stereocenters. The monoisotopic (exact) mass is 507 g/mol. The van der Waals surface area contributed by atoms with Gasteiger partial charge in [-0.3, -0.25) is 4.99 Å². The molecule has 0 saturated carbocycles. The molecule has 2 aliphatic rings. The van der Waals surface area contributed by atoms with Gasteiger partial charge in [-0.1, -0.05) is 13.0 Å². The smallest absolute Gasteiger partial charge is 0.193 e. The minimum absolute atomic E-state index is 0. The molecule has 27 heavy (non-hydrogen) atoms. The lowest BCUT2D eigenvalue weighted by atomic mass is 10.1. The molecule has 3 rings (SSSR count). The van der Waals surface area contributed by atoms with Crippen molar-refractivity contribution in [1.29, 1.82) is 0 Å². The van der Waals surface area contributed by atoms with Crippen molar-refractivity contribution < 1.29 is 9.47 Å². The highest BCUT2D eigenvalue weighted by atomic mass is 127. The van der Waals surface area contributed by atoms with Gasteiger partial charge < -0.3 is 19.7 Å². The number of hydrogen-bond acceptors (Lipinski definition) is 4. The molecule has 0 aliphatic carbocycles. The molecule has 2 atom stereocenters. The van der Waals surface area contributed by atoms with Crippen LogP contribution in [0.15, 0.2) is 22.5 Å². The minimum atomic E-state index is 0. The normalized spacial score (nSPS) is 22.5. The van der Waals surface area contributed by atoms with E-state index < -0.39 is 0 Å². The number of halogens is 1. The molecule has 1 aromatic rings. The lowest BCUT2D eigenvalue weighted by Gasteiger charge is -2.34. The molecular formula is C20H34IN3O2S. The summed E-state index contributed by atoms with van der Waals surface area (Å²) >= 11 is 1.82. The number of aliphatic imine (C=N–C) groups is 1. The summed E-state index contributed by atoms with van der Waals surface area (Å²) in [6.07, 6.45) is 5.15. The van der Waals surface area contributed by atoms with Gasteiger partial charge in [-0.05, 0) is 44.1 Å². The lowest BCUT2D eigenvalue weighted by molar-refractivity contribution is -0.0367. The van der Waals surface area contributed by atoms with E-state index in [1.807, 2.05) is 11.3 Å².